The van der Waals surface area contributed by atoms with Crippen molar-refractivity contribution >= 4 is 11.6 Å². The normalized spacial score (nSPS) is 21.1. The summed E-state index contributed by atoms with van der Waals surface area (Å²) in [5, 5.41) is 20.2. The van der Waals surface area contributed by atoms with E-state index in [1.807, 2.05) is 24.3 Å². The van der Waals surface area contributed by atoms with Gasteiger partial charge in [-0.3, -0.25) is 9.88 Å². The number of pyridine rings is 1. The van der Waals surface area contributed by atoms with Crippen molar-refractivity contribution in [1.82, 2.24) is 9.88 Å². The number of halogens is 1. The molecule has 0 amide bonds. The molecular weight excluding hydrogens is 324 g/mol. The first kappa shape index (κ1) is 17.2. The van der Waals surface area contributed by atoms with Crippen molar-refractivity contribution in [1.29, 1.82) is 0 Å². The van der Waals surface area contributed by atoms with Crippen LogP contribution in [0.15, 0.2) is 42.6 Å². The average molecular weight is 347 g/mol. The summed E-state index contributed by atoms with van der Waals surface area (Å²) in [6.45, 7) is 1.39. The Kier molecular flexibility index (Phi) is 5.72. The van der Waals surface area contributed by atoms with Gasteiger partial charge in [-0.2, -0.15) is 0 Å². The average Bonchev–Trinajstić information content (AvgIpc) is 2.57. The van der Waals surface area contributed by atoms with E-state index in [0.29, 0.717) is 17.6 Å². The van der Waals surface area contributed by atoms with Crippen molar-refractivity contribution in [3.8, 4) is 5.75 Å². The Morgan fingerprint density at radius 1 is 1.08 bits per heavy atom. The Balaban J connectivity index is 1.79. The molecule has 0 spiro atoms. The predicted octanol–water partition coefficient (Wildman–Crippen LogP) is 3.75. The van der Waals surface area contributed by atoms with Crippen LogP contribution in [0.1, 0.15) is 36.9 Å². The summed E-state index contributed by atoms with van der Waals surface area (Å²) in [6.07, 6.45) is 5.17. The number of hydrogen-bond donors (Lipinski definition) is 2. The number of aliphatic hydroxyl groups is 1. The number of rotatable bonds is 5. The summed E-state index contributed by atoms with van der Waals surface area (Å²) in [7, 11) is 0. The molecule has 1 heterocycles. The molecule has 1 saturated carbocycles. The number of benzene rings is 1. The number of phenolic OH excluding ortho intramolecular Hbond substituents is 1. The lowest BCUT2D eigenvalue weighted by atomic mass is 9.91. The van der Waals surface area contributed by atoms with Gasteiger partial charge in [0, 0.05) is 25.3 Å². The highest BCUT2D eigenvalue weighted by Crippen LogP contribution is 2.27. The van der Waals surface area contributed by atoms with Crippen LogP contribution in [0.5, 0.6) is 5.75 Å². The number of aliphatic hydroxyl groups excluding tert-OH is 1. The molecule has 2 aromatic rings. The van der Waals surface area contributed by atoms with Gasteiger partial charge in [-0.25, -0.2) is 0 Å². The number of nitrogens with zero attached hydrogens (tertiary/aromatic N) is 2. The zero-order valence-electron chi connectivity index (χ0n) is 13.6. The number of hydrogen-bond acceptors (Lipinski definition) is 4. The van der Waals surface area contributed by atoms with Gasteiger partial charge in [-0.05, 0) is 55.5 Å². The fourth-order valence-corrected chi connectivity index (χ4v) is 3.54. The predicted molar refractivity (Wildman–Crippen MR) is 94.9 cm³/mol. The van der Waals surface area contributed by atoms with Crippen LogP contribution < -0.4 is 0 Å². The fourth-order valence-electron chi connectivity index (χ4n) is 3.35. The van der Waals surface area contributed by atoms with Gasteiger partial charge < -0.3 is 10.2 Å². The van der Waals surface area contributed by atoms with Crippen molar-refractivity contribution in [3.05, 3.63) is 58.9 Å². The van der Waals surface area contributed by atoms with Crippen LogP contribution in [-0.2, 0) is 13.1 Å². The lowest BCUT2D eigenvalue weighted by Gasteiger charge is -2.35. The van der Waals surface area contributed by atoms with Gasteiger partial charge >= 0.3 is 0 Å². The highest BCUT2D eigenvalue weighted by molar-refractivity contribution is 6.31. The van der Waals surface area contributed by atoms with E-state index in [-0.39, 0.29) is 11.9 Å². The van der Waals surface area contributed by atoms with Gasteiger partial charge in [0.15, 0.2) is 0 Å². The molecule has 24 heavy (non-hydrogen) atoms. The van der Waals surface area contributed by atoms with E-state index in [4.69, 9.17) is 11.6 Å². The third-order valence-corrected chi connectivity index (χ3v) is 5.01. The minimum atomic E-state index is -0.178. The number of aromatic nitrogens is 1. The van der Waals surface area contributed by atoms with Gasteiger partial charge in [0.1, 0.15) is 5.75 Å². The first-order valence-corrected chi connectivity index (χ1v) is 8.79. The lowest BCUT2D eigenvalue weighted by Crippen LogP contribution is -2.38. The monoisotopic (exact) mass is 346 g/mol. The molecule has 3 rings (SSSR count). The minimum Gasteiger partial charge on any atom is -0.508 e. The molecule has 1 aromatic carbocycles. The van der Waals surface area contributed by atoms with E-state index in [1.165, 1.54) is 0 Å². The van der Waals surface area contributed by atoms with Gasteiger partial charge in [0.05, 0.1) is 16.8 Å². The summed E-state index contributed by atoms with van der Waals surface area (Å²) in [5.41, 5.74) is 1.93. The largest absolute Gasteiger partial charge is 0.508 e. The summed E-state index contributed by atoms with van der Waals surface area (Å²) < 4.78 is 0. The molecule has 0 saturated heterocycles. The van der Waals surface area contributed by atoms with Gasteiger partial charge in [-0.1, -0.05) is 23.7 Å². The van der Waals surface area contributed by atoms with Gasteiger partial charge in [-0.15, -0.1) is 0 Å². The Bertz CT molecular complexity index is 672. The van der Waals surface area contributed by atoms with E-state index in [9.17, 15) is 10.2 Å². The summed E-state index contributed by atoms with van der Waals surface area (Å²) in [5.74, 6) is 0.280. The molecule has 1 aliphatic rings. The molecule has 0 radical (unpaired) electrons. The molecule has 0 aliphatic heterocycles. The maximum atomic E-state index is 9.78. The van der Waals surface area contributed by atoms with Crippen LogP contribution in [-0.4, -0.2) is 32.2 Å². The van der Waals surface area contributed by atoms with Gasteiger partial charge in [0.2, 0.25) is 0 Å². The fraction of sp³-hybridized carbons (Fsp3) is 0.421. The second-order valence-corrected chi connectivity index (χ2v) is 6.88. The van der Waals surface area contributed by atoms with E-state index < -0.39 is 0 Å². The minimum absolute atomic E-state index is 0.178. The van der Waals surface area contributed by atoms with Crippen molar-refractivity contribution in [2.24, 2.45) is 0 Å². The summed E-state index contributed by atoms with van der Waals surface area (Å²) in [6, 6.07) is 11.4. The standard InChI is InChI=1S/C19H23ClN2O2/c20-18-5-2-10-21-19(18)13-22(15-6-8-16(23)9-7-15)12-14-3-1-4-17(24)11-14/h1-5,10-11,15-16,23-24H,6-9,12-13H2. The van der Waals surface area contributed by atoms with Crippen LogP contribution in [0, 0.1) is 0 Å². The van der Waals surface area contributed by atoms with Gasteiger partial charge in [0.25, 0.3) is 0 Å². The van der Waals surface area contributed by atoms with Crippen molar-refractivity contribution in [3.63, 3.8) is 0 Å². The van der Waals surface area contributed by atoms with E-state index in [1.54, 1.807) is 18.3 Å². The first-order chi connectivity index (χ1) is 11.6. The van der Waals surface area contributed by atoms with E-state index in [0.717, 1.165) is 43.5 Å². The summed E-state index contributed by atoms with van der Waals surface area (Å²) >= 11 is 6.29. The van der Waals surface area contributed by atoms with Crippen LogP contribution in [0.4, 0.5) is 0 Å². The second-order valence-electron chi connectivity index (χ2n) is 6.47. The lowest BCUT2D eigenvalue weighted by molar-refractivity contribution is 0.0660. The summed E-state index contributed by atoms with van der Waals surface area (Å²) in [4.78, 5) is 6.77. The van der Waals surface area contributed by atoms with Crippen molar-refractivity contribution in [2.75, 3.05) is 0 Å². The molecule has 1 aliphatic carbocycles. The SMILES string of the molecule is Oc1cccc(CN(Cc2ncccc2Cl)C2CCC(O)CC2)c1. The topological polar surface area (TPSA) is 56.6 Å². The van der Waals surface area contributed by atoms with Crippen molar-refractivity contribution < 1.29 is 10.2 Å². The third-order valence-electron chi connectivity index (χ3n) is 4.67. The maximum absolute atomic E-state index is 9.78. The van der Waals surface area contributed by atoms with E-state index in [2.05, 4.69) is 9.88 Å². The second kappa shape index (κ2) is 7.97. The molecule has 4 nitrogen and oxygen atoms in total. The number of phenols is 1. The van der Waals surface area contributed by atoms with Crippen LogP contribution >= 0.6 is 11.6 Å². The Morgan fingerprint density at radius 2 is 1.88 bits per heavy atom. The van der Waals surface area contributed by atoms with E-state index >= 15 is 0 Å². The zero-order valence-corrected chi connectivity index (χ0v) is 14.4. The molecule has 0 atom stereocenters. The molecular formula is C19H23ClN2O2. The Hall–Kier alpha value is -1.62. The molecule has 1 aromatic heterocycles. The Morgan fingerprint density at radius 3 is 2.58 bits per heavy atom. The first-order valence-electron chi connectivity index (χ1n) is 8.41. The zero-order chi connectivity index (χ0) is 16.9. The molecule has 0 unspecified atom stereocenters. The highest BCUT2D eigenvalue weighted by atomic mass is 35.5. The maximum Gasteiger partial charge on any atom is 0.115 e. The van der Waals surface area contributed by atoms with Crippen LogP contribution in [0.2, 0.25) is 5.02 Å². The quantitative estimate of drug-likeness (QED) is 0.865. The Labute approximate surface area is 147 Å². The third kappa shape index (κ3) is 4.47. The van der Waals surface area contributed by atoms with Crippen molar-refractivity contribution in [2.45, 2.75) is 50.9 Å². The highest BCUT2D eigenvalue weighted by Gasteiger charge is 2.26. The van der Waals surface area contributed by atoms with Crippen LogP contribution in [0.25, 0.3) is 0 Å². The number of aromatic hydroxyl groups is 1. The molecule has 5 heteroatoms. The smallest absolute Gasteiger partial charge is 0.115 e. The molecule has 2 N–H and O–H groups in total. The molecule has 0 bridgehead atoms. The van der Waals surface area contributed by atoms with Crippen LogP contribution in [0.3, 0.4) is 0 Å². The molecule has 128 valence electrons. The molecule has 1 fully saturated rings.